The predicted octanol–water partition coefficient (Wildman–Crippen LogP) is 6.91. The molecule has 15 heteroatoms. The number of anilines is 4. The Balaban J connectivity index is 1.35. The molecule has 5 rings (SSSR count). The zero-order chi connectivity index (χ0) is 33.9. The molecule has 0 radical (unpaired) electrons. The van der Waals surface area contributed by atoms with E-state index in [-0.39, 0.29) is 16.9 Å². The van der Waals surface area contributed by atoms with Gasteiger partial charge in [0, 0.05) is 40.7 Å². The van der Waals surface area contributed by atoms with Gasteiger partial charge in [-0.1, -0.05) is 12.1 Å². The van der Waals surface area contributed by atoms with Crippen LogP contribution in [0, 0.1) is 16.4 Å². The first-order valence-electron chi connectivity index (χ1n) is 14.6. The van der Waals surface area contributed by atoms with Crippen molar-refractivity contribution in [3.63, 3.8) is 0 Å². The number of likely N-dealkylation sites (N-methyl/N-ethyl adjacent to an activating group) is 1. The van der Waals surface area contributed by atoms with Gasteiger partial charge in [0.05, 0.1) is 27.4 Å². The second-order valence-electron chi connectivity index (χ2n) is 11.4. The monoisotopic (exact) mass is 673 g/mol. The summed E-state index contributed by atoms with van der Waals surface area (Å²) in [7, 11) is 0.893. The smallest absolute Gasteiger partial charge is 0.368 e. The molecule has 1 atom stereocenters. The highest BCUT2D eigenvalue weighted by atomic mass is 32.2. The van der Waals surface area contributed by atoms with Gasteiger partial charge < -0.3 is 20.9 Å². The second-order valence-corrected chi connectivity index (χ2v) is 13.7. The van der Waals surface area contributed by atoms with Crippen molar-refractivity contribution in [2.45, 2.75) is 35.6 Å². The first kappa shape index (κ1) is 33.7. The Bertz CT molecular complexity index is 1900. The van der Waals surface area contributed by atoms with E-state index in [0.717, 1.165) is 18.9 Å². The van der Waals surface area contributed by atoms with Gasteiger partial charge in [-0.25, -0.2) is 22.8 Å². The average molecular weight is 674 g/mol. The molecule has 4 aromatic rings. The number of hydrogen-bond acceptors (Lipinski definition) is 8. The van der Waals surface area contributed by atoms with E-state index in [1.807, 2.05) is 19.0 Å². The van der Waals surface area contributed by atoms with Gasteiger partial charge in [0.2, 0.25) is 11.9 Å². The zero-order valence-corrected chi connectivity index (χ0v) is 26.2. The number of benzene rings is 3. The maximum Gasteiger partial charge on any atom is 0.416 e. The van der Waals surface area contributed by atoms with Crippen LogP contribution in [0.2, 0.25) is 0 Å². The molecular formula is C32H32F5N7O2S. The molecule has 0 bridgehead atoms. The van der Waals surface area contributed by atoms with Crippen LogP contribution in [0.1, 0.15) is 24.0 Å². The molecule has 0 aliphatic heterocycles. The summed E-state index contributed by atoms with van der Waals surface area (Å²) in [5, 5.41) is 8.45. The Kier molecular flexibility index (Phi) is 9.77. The number of nitrogens with one attached hydrogen (secondary N) is 4. The lowest BCUT2D eigenvalue weighted by Crippen LogP contribution is -2.21. The van der Waals surface area contributed by atoms with Gasteiger partial charge in [0.1, 0.15) is 17.5 Å². The van der Waals surface area contributed by atoms with Crippen molar-refractivity contribution < 1.29 is 31.0 Å². The quantitative estimate of drug-likeness (QED) is 0.121. The van der Waals surface area contributed by atoms with E-state index in [9.17, 15) is 26.6 Å². The summed E-state index contributed by atoms with van der Waals surface area (Å²) in [6.45, 7) is 1.13. The summed E-state index contributed by atoms with van der Waals surface area (Å²) in [4.78, 5) is 23.9. The summed E-state index contributed by atoms with van der Waals surface area (Å²) >= 11 is 0. The van der Waals surface area contributed by atoms with Crippen LogP contribution in [-0.4, -0.2) is 57.4 Å². The van der Waals surface area contributed by atoms with Crippen molar-refractivity contribution in [2.75, 3.05) is 43.1 Å². The van der Waals surface area contributed by atoms with Crippen molar-refractivity contribution in [2.24, 2.45) is 0 Å². The number of alkyl halides is 3. The fourth-order valence-electron chi connectivity index (χ4n) is 4.71. The van der Waals surface area contributed by atoms with Crippen molar-refractivity contribution in [1.29, 1.82) is 4.78 Å². The third-order valence-electron chi connectivity index (χ3n) is 7.35. The third-order valence-corrected chi connectivity index (χ3v) is 9.72. The molecule has 1 heterocycles. The van der Waals surface area contributed by atoms with Crippen molar-refractivity contribution in [3.8, 4) is 11.1 Å². The highest BCUT2D eigenvalue weighted by Gasteiger charge is 2.34. The van der Waals surface area contributed by atoms with E-state index >= 15 is 4.39 Å². The Morgan fingerprint density at radius 3 is 2.49 bits per heavy atom. The van der Waals surface area contributed by atoms with Crippen LogP contribution >= 0.6 is 0 Å². The molecule has 0 spiro atoms. The lowest BCUT2D eigenvalue weighted by atomic mass is 10.1. The fraction of sp³-hybridized carbons (Fsp3) is 0.281. The number of halogens is 5. The molecule has 1 fully saturated rings. The van der Waals surface area contributed by atoms with Gasteiger partial charge in [-0.05, 0) is 86.6 Å². The number of aromatic nitrogens is 2. The minimum Gasteiger partial charge on any atom is -0.368 e. The van der Waals surface area contributed by atoms with Crippen LogP contribution in [0.15, 0.2) is 71.8 Å². The lowest BCUT2D eigenvalue weighted by Gasteiger charge is -2.16. The van der Waals surface area contributed by atoms with E-state index in [0.29, 0.717) is 58.8 Å². The highest BCUT2D eigenvalue weighted by Crippen LogP contribution is 2.36. The molecule has 1 aromatic heterocycles. The molecule has 0 saturated heterocycles. The maximum atomic E-state index is 15.2. The molecule has 4 N–H and O–H groups in total. The molecule has 248 valence electrons. The zero-order valence-electron chi connectivity index (χ0n) is 25.4. The Morgan fingerprint density at radius 2 is 1.81 bits per heavy atom. The van der Waals surface area contributed by atoms with Crippen molar-refractivity contribution >= 4 is 38.8 Å². The van der Waals surface area contributed by atoms with Gasteiger partial charge in [0.15, 0.2) is 0 Å². The lowest BCUT2D eigenvalue weighted by molar-refractivity contribution is -0.137. The average Bonchev–Trinajstić information content (AvgIpc) is 3.86. The number of carbonyl (C=O) groups excluding carboxylic acids is 1. The van der Waals surface area contributed by atoms with Crippen LogP contribution in [0.3, 0.4) is 0 Å². The largest absolute Gasteiger partial charge is 0.416 e. The number of nitrogens with zero attached hydrogens (tertiary/aromatic N) is 3. The van der Waals surface area contributed by atoms with Crippen LogP contribution in [0.4, 0.5) is 45.1 Å². The Labute approximate surface area is 268 Å². The maximum absolute atomic E-state index is 15.2. The summed E-state index contributed by atoms with van der Waals surface area (Å²) in [6, 6.07) is 12.5. The Hall–Kier alpha value is -4.63. The third kappa shape index (κ3) is 8.40. The van der Waals surface area contributed by atoms with Gasteiger partial charge in [-0.3, -0.25) is 4.79 Å². The standard InChI is InChI=1S/C32H32F5N7O2S/c1-44(2)13-12-39-30-25(18-40-31(43-30)41-22-4-3-5-24(17-22)47(38,46)23-8-9-23)19-6-11-28(27(34)15-19)42-29(45)16-20-14-21(32(35,36)37)7-10-26(20)33/h3-7,10-11,14-15,17-18,23,38H,8-9,12-13,16H2,1-2H3,(H,42,45)(H2,39,40,41,43). The van der Waals surface area contributed by atoms with E-state index < -0.39 is 51.0 Å². The first-order valence-corrected chi connectivity index (χ1v) is 16.2. The molecule has 1 aliphatic rings. The molecule has 9 nitrogen and oxygen atoms in total. The number of rotatable bonds is 12. The van der Waals surface area contributed by atoms with Crippen LogP contribution in [0.5, 0.6) is 0 Å². The van der Waals surface area contributed by atoms with Crippen molar-refractivity contribution in [3.05, 3.63) is 89.6 Å². The van der Waals surface area contributed by atoms with Gasteiger partial charge >= 0.3 is 6.18 Å². The molecule has 1 amide bonds. The molecule has 47 heavy (non-hydrogen) atoms. The fourth-order valence-corrected chi connectivity index (χ4v) is 6.48. The van der Waals surface area contributed by atoms with E-state index in [2.05, 4.69) is 25.9 Å². The minimum atomic E-state index is -4.71. The second kappa shape index (κ2) is 13.6. The highest BCUT2D eigenvalue weighted by molar-refractivity contribution is 7.93. The van der Waals surface area contributed by atoms with E-state index in [1.54, 1.807) is 24.3 Å². The predicted molar refractivity (Wildman–Crippen MR) is 170 cm³/mol. The van der Waals surface area contributed by atoms with Crippen LogP contribution in [0.25, 0.3) is 11.1 Å². The minimum absolute atomic E-state index is 0.140. The van der Waals surface area contributed by atoms with Gasteiger partial charge in [0.25, 0.3) is 0 Å². The summed E-state index contributed by atoms with van der Waals surface area (Å²) < 4.78 is 89.7. The number of carbonyl (C=O) groups is 1. The molecular weight excluding hydrogens is 641 g/mol. The van der Waals surface area contributed by atoms with Crippen LogP contribution in [-0.2, 0) is 27.1 Å². The molecule has 1 saturated carbocycles. The summed E-state index contributed by atoms with van der Waals surface area (Å²) in [5.74, 6) is -2.15. The molecule has 3 aromatic carbocycles. The van der Waals surface area contributed by atoms with Gasteiger partial charge in [-0.2, -0.15) is 18.2 Å². The SMILES string of the molecule is CN(C)CCNc1nc(Nc2cccc(S(=N)(=O)C3CC3)c2)ncc1-c1ccc(NC(=O)Cc2cc(C(F)(F)F)ccc2F)c(F)c1. The van der Waals surface area contributed by atoms with Crippen LogP contribution < -0.4 is 16.0 Å². The van der Waals surface area contributed by atoms with Gasteiger partial charge in [-0.15, -0.1) is 0 Å². The number of hydrogen-bond donors (Lipinski definition) is 4. The first-order chi connectivity index (χ1) is 22.2. The molecule has 1 aliphatic carbocycles. The Morgan fingerprint density at radius 1 is 1.04 bits per heavy atom. The molecule has 1 unspecified atom stereocenters. The van der Waals surface area contributed by atoms with E-state index in [1.165, 1.54) is 18.3 Å². The topological polar surface area (TPSA) is 123 Å². The summed E-state index contributed by atoms with van der Waals surface area (Å²) in [5.41, 5.74) is -0.471. The van der Waals surface area contributed by atoms with Crippen molar-refractivity contribution in [1.82, 2.24) is 14.9 Å². The van der Waals surface area contributed by atoms with E-state index in [4.69, 9.17) is 4.78 Å². The summed E-state index contributed by atoms with van der Waals surface area (Å²) in [6.07, 6.45) is -2.44. The number of amides is 1. The normalized spacial score (nSPS) is 14.5.